The molecule has 0 unspecified atom stereocenters. The Kier molecular flexibility index (Phi) is 6.61. The van der Waals surface area contributed by atoms with Crippen LogP contribution in [0, 0.1) is 24.5 Å². The van der Waals surface area contributed by atoms with Crippen molar-refractivity contribution in [3.63, 3.8) is 0 Å². The normalized spacial score (nSPS) is 14.8. The van der Waals surface area contributed by atoms with Crippen LogP contribution in [0.3, 0.4) is 0 Å². The molecule has 0 spiro atoms. The number of rotatable bonds is 5. The Labute approximate surface area is 166 Å². The van der Waals surface area contributed by atoms with Crippen LogP contribution < -0.4 is 10.6 Å². The standard InChI is InChI=1S/C20H23F2N3O2S/c1-13-7-11-28-18(13)19(26)23-8-4-14-5-9-25(10-6-14)20(27)24-17-12-15(21)2-3-16(17)22/h2-3,7,11-12,14H,4-6,8-10H2,1H3,(H,23,26)(H,24,27). The summed E-state index contributed by atoms with van der Waals surface area (Å²) in [5.41, 5.74) is 0.829. The van der Waals surface area contributed by atoms with E-state index in [-0.39, 0.29) is 11.6 Å². The van der Waals surface area contributed by atoms with Crippen LogP contribution in [-0.2, 0) is 0 Å². The number of halogens is 2. The van der Waals surface area contributed by atoms with Gasteiger partial charge in [-0.3, -0.25) is 4.79 Å². The molecule has 5 nitrogen and oxygen atoms in total. The van der Waals surface area contributed by atoms with E-state index >= 15 is 0 Å². The van der Waals surface area contributed by atoms with Gasteiger partial charge in [0, 0.05) is 25.7 Å². The minimum atomic E-state index is -0.665. The largest absolute Gasteiger partial charge is 0.351 e. The molecular formula is C20H23F2N3O2S. The molecule has 150 valence electrons. The minimum Gasteiger partial charge on any atom is -0.351 e. The number of carbonyl (C=O) groups excluding carboxylic acids is 2. The van der Waals surface area contributed by atoms with Gasteiger partial charge in [0.2, 0.25) is 0 Å². The zero-order valence-electron chi connectivity index (χ0n) is 15.6. The van der Waals surface area contributed by atoms with Crippen molar-refractivity contribution in [2.45, 2.75) is 26.2 Å². The molecule has 1 aliphatic heterocycles. The minimum absolute atomic E-state index is 0.0403. The number of urea groups is 1. The van der Waals surface area contributed by atoms with Crippen molar-refractivity contribution < 1.29 is 18.4 Å². The maximum absolute atomic E-state index is 13.7. The molecule has 28 heavy (non-hydrogen) atoms. The first-order valence-electron chi connectivity index (χ1n) is 9.27. The number of hydrogen-bond acceptors (Lipinski definition) is 3. The molecule has 1 fully saturated rings. The molecule has 1 aromatic carbocycles. The van der Waals surface area contributed by atoms with Gasteiger partial charge in [0.25, 0.3) is 5.91 Å². The molecule has 0 atom stereocenters. The Morgan fingerprint density at radius 1 is 1.21 bits per heavy atom. The summed E-state index contributed by atoms with van der Waals surface area (Å²) < 4.78 is 26.9. The van der Waals surface area contributed by atoms with Gasteiger partial charge in [-0.05, 0) is 61.2 Å². The first-order chi connectivity index (χ1) is 13.4. The summed E-state index contributed by atoms with van der Waals surface area (Å²) in [6.07, 6.45) is 2.48. The lowest BCUT2D eigenvalue weighted by atomic mass is 9.93. The predicted molar refractivity (Wildman–Crippen MR) is 106 cm³/mol. The molecule has 0 aliphatic carbocycles. The lowest BCUT2D eigenvalue weighted by molar-refractivity contribution is 0.0953. The van der Waals surface area contributed by atoms with Crippen molar-refractivity contribution in [1.29, 1.82) is 0 Å². The molecule has 2 heterocycles. The van der Waals surface area contributed by atoms with Crippen LogP contribution in [0.2, 0.25) is 0 Å². The van der Waals surface area contributed by atoms with Crippen LogP contribution in [0.1, 0.15) is 34.5 Å². The molecule has 0 bridgehead atoms. The van der Waals surface area contributed by atoms with E-state index in [9.17, 15) is 18.4 Å². The molecule has 1 aromatic heterocycles. The molecule has 2 N–H and O–H groups in total. The van der Waals surface area contributed by atoms with Gasteiger partial charge in [-0.2, -0.15) is 0 Å². The fraction of sp³-hybridized carbons (Fsp3) is 0.400. The second kappa shape index (κ2) is 9.14. The number of anilines is 1. The first-order valence-corrected chi connectivity index (χ1v) is 10.2. The summed E-state index contributed by atoms with van der Waals surface area (Å²) >= 11 is 1.44. The molecule has 3 amide bonds. The Hall–Kier alpha value is -2.48. The number of amides is 3. The van der Waals surface area contributed by atoms with E-state index in [1.54, 1.807) is 4.90 Å². The number of piperidine rings is 1. The monoisotopic (exact) mass is 407 g/mol. The van der Waals surface area contributed by atoms with Gasteiger partial charge in [-0.15, -0.1) is 11.3 Å². The van der Waals surface area contributed by atoms with Crippen LogP contribution in [0.15, 0.2) is 29.6 Å². The van der Waals surface area contributed by atoms with E-state index in [0.29, 0.717) is 25.6 Å². The summed E-state index contributed by atoms with van der Waals surface area (Å²) in [6.45, 7) is 3.61. The summed E-state index contributed by atoms with van der Waals surface area (Å²) in [7, 11) is 0. The number of nitrogens with zero attached hydrogens (tertiary/aromatic N) is 1. The van der Waals surface area contributed by atoms with E-state index in [1.807, 2.05) is 18.4 Å². The van der Waals surface area contributed by atoms with Gasteiger partial charge in [-0.25, -0.2) is 13.6 Å². The molecule has 8 heteroatoms. The maximum atomic E-state index is 13.7. The zero-order chi connectivity index (χ0) is 20.1. The Morgan fingerprint density at radius 2 is 1.96 bits per heavy atom. The van der Waals surface area contributed by atoms with Gasteiger partial charge in [0.1, 0.15) is 11.6 Å². The average molecular weight is 407 g/mol. The highest BCUT2D eigenvalue weighted by Crippen LogP contribution is 2.22. The molecule has 0 saturated carbocycles. The lowest BCUT2D eigenvalue weighted by Gasteiger charge is -2.32. The molecule has 3 rings (SSSR count). The maximum Gasteiger partial charge on any atom is 0.321 e. The zero-order valence-corrected chi connectivity index (χ0v) is 16.5. The van der Waals surface area contributed by atoms with Crippen molar-refractivity contribution in [3.8, 4) is 0 Å². The Balaban J connectivity index is 1.40. The van der Waals surface area contributed by atoms with E-state index in [4.69, 9.17) is 0 Å². The van der Waals surface area contributed by atoms with Gasteiger partial charge < -0.3 is 15.5 Å². The summed E-state index contributed by atoms with van der Waals surface area (Å²) in [5, 5.41) is 7.29. The van der Waals surface area contributed by atoms with Gasteiger partial charge in [0.05, 0.1) is 10.6 Å². The number of likely N-dealkylation sites (tertiary alicyclic amines) is 1. The van der Waals surface area contributed by atoms with Crippen LogP contribution in [-0.4, -0.2) is 36.5 Å². The summed E-state index contributed by atoms with van der Waals surface area (Å²) in [6, 6.07) is 4.47. The third-order valence-corrected chi connectivity index (χ3v) is 5.99. The van der Waals surface area contributed by atoms with Crippen molar-refractivity contribution in [3.05, 3.63) is 51.7 Å². The topological polar surface area (TPSA) is 61.4 Å². The second-order valence-electron chi connectivity index (χ2n) is 6.96. The highest BCUT2D eigenvalue weighted by Gasteiger charge is 2.23. The molecular weight excluding hydrogens is 384 g/mol. The van der Waals surface area contributed by atoms with E-state index in [1.165, 1.54) is 11.3 Å². The third kappa shape index (κ3) is 5.07. The van der Waals surface area contributed by atoms with Crippen LogP contribution in [0.25, 0.3) is 0 Å². The van der Waals surface area contributed by atoms with Gasteiger partial charge in [-0.1, -0.05) is 0 Å². The summed E-state index contributed by atoms with van der Waals surface area (Å²) in [5.74, 6) is -0.891. The molecule has 1 aliphatic rings. The number of nitrogens with one attached hydrogen (secondary N) is 2. The quantitative estimate of drug-likeness (QED) is 0.772. The number of hydrogen-bond donors (Lipinski definition) is 2. The summed E-state index contributed by atoms with van der Waals surface area (Å²) in [4.78, 5) is 26.7. The van der Waals surface area contributed by atoms with Crippen molar-refractivity contribution in [1.82, 2.24) is 10.2 Å². The fourth-order valence-electron chi connectivity index (χ4n) is 3.29. The van der Waals surface area contributed by atoms with Crippen molar-refractivity contribution in [2.75, 3.05) is 25.0 Å². The van der Waals surface area contributed by atoms with Crippen molar-refractivity contribution in [2.24, 2.45) is 5.92 Å². The highest BCUT2D eigenvalue weighted by molar-refractivity contribution is 7.12. The average Bonchev–Trinajstić information content (AvgIpc) is 3.11. The van der Waals surface area contributed by atoms with Crippen LogP contribution in [0.4, 0.5) is 19.3 Å². The van der Waals surface area contributed by atoms with E-state index < -0.39 is 17.7 Å². The van der Waals surface area contributed by atoms with E-state index in [0.717, 1.165) is 47.9 Å². The molecule has 1 saturated heterocycles. The fourth-order valence-corrected chi connectivity index (χ4v) is 4.13. The highest BCUT2D eigenvalue weighted by atomic mass is 32.1. The van der Waals surface area contributed by atoms with Crippen LogP contribution in [0.5, 0.6) is 0 Å². The lowest BCUT2D eigenvalue weighted by Crippen LogP contribution is -2.41. The van der Waals surface area contributed by atoms with Crippen LogP contribution >= 0.6 is 11.3 Å². The number of thiophene rings is 1. The Morgan fingerprint density at radius 3 is 2.64 bits per heavy atom. The number of benzene rings is 1. The third-order valence-electron chi connectivity index (χ3n) is 4.98. The van der Waals surface area contributed by atoms with Gasteiger partial charge >= 0.3 is 6.03 Å². The number of aryl methyl sites for hydroxylation is 1. The smallest absolute Gasteiger partial charge is 0.321 e. The molecule has 2 aromatic rings. The number of carbonyl (C=O) groups is 2. The Bertz CT molecular complexity index is 848. The van der Waals surface area contributed by atoms with E-state index in [2.05, 4.69) is 10.6 Å². The first kappa shape index (κ1) is 20.3. The second-order valence-corrected chi connectivity index (χ2v) is 7.88. The van der Waals surface area contributed by atoms with Crippen molar-refractivity contribution >= 4 is 29.0 Å². The van der Waals surface area contributed by atoms with Gasteiger partial charge in [0.15, 0.2) is 0 Å². The predicted octanol–water partition coefficient (Wildman–Crippen LogP) is 4.40. The SMILES string of the molecule is Cc1ccsc1C(=O)NCCC1CCN(C(=O)Nc2cc(F)ccc2F)CC1. The molecule has 0 radical (unpaired) electrons.